The smallest absolute Gasteiger partial charge is 0.140 e. The average Bonchev–Trinajstić information content (AvgIpc) is 3.10. The topological polar surface area (TPSA) is 22.4 Å². The minimum absolute atomic E-state index is 0.249. The Balaban J connectivity index is 1.71. The number of ether oxygens (including phenoxy) is 1. The second kappa shape index (κ2) is 5.10. The number of furan rings is 1. The summed E-state index contributed by atoms with van der Waals surface area (Å²) in [5.41, 5.74) is 3.74. The largest absolute Gasteiger partial charge is 0.464 e. The van der Waals surface area contributed by atoms with Gasteiger partial charge in [0, 0.05) is 16.7 Å². The molecule has 1 aliphatic carbocycles. The first-order valence-corrected chi connectivity index (χ1v) is 7.71. The van der Waals surface area contributed by atoms with Crippen LogP contribution in [0, 0.1) is 5.92 Å². The highest BCUT2D eigenvalue weighted by molar-refractivity contribution is 5.64. The van der Waals surface area contributed by atoms with Gasteiger partial charge in [-0.1, -0.05) is 49.6 Å². The first kappa shape index (κ1) is 12.2. The molecule has 2 heterocycles. The molecule has 0 amide bonds. The van der Waals surface area contributed by atoms with E-state index in [0.29, 0.717) is 12.5 Å². The Morgan fingerprint density at radius 1 is 0.950 bits per heavy atom. The van der Waals surface area contributed by atoms with Gasteiger partial charge in [-0.05, 0) is 18.8 Å². The standard InChI is InChI=1S/C18H20O2/c1-3-7-13(8-4-1)17-16-15(11-19-17)12-20-18(16)14-9-5-2-6-10-14/h1,3-4,7-8,11,14,18H,2,5-6,9-10,12H2. The molecule has 1 saturated carbocycles. The lowest BCUT2D eigenvalue weighted by molar-refractivity contribution is 0.00914. The molecule has 104 valence electrons. The van der Waals surface area contributed by atoms with Gasteiger partial charge < -0.3 is 9.15 Å². The molecule has 1 unspecified atom stereocenters. The van der Waals surface area contributed by atoms with Crippen molar-refractivity contribution in [3.05, 3.63) is 47.7 Å². The summed E-state index contributed by atoms with van der Waals surface area (Å²) in [7, 11) is 0. The number of benzene rings is 1. The van der Waals surface area contributed by atoms with Crippen LogP contribution in [0.2, 0.25) is 0 Å². The van der Waals surface area contributed by atoms with Crippen LogP contribution < -0.4 is 0 Å². The van der Waals surface area contributed by atoms with Crippen molar-refractivity contribution in [3.63, 3.8) is 0 Å². The van der Waals surface area contributed by atoms with Crippen LogP contribution in [-0.2, 0) is 11.3 Å². The summed E-state index contributed by atoms with van der Waals surface area (Å²) in [6.07, 6.45) is 8.80. The fraction of sp³-hybridized carbons (Fsp3) is 0.444. The summed E-state index contributed by atoms with van der Waals surface area (Å²) in [5.74, 6) is 1.69. The van der Waals surface area contributed by atoms with Crippen LogP contribution in [0.4, 0.5) is 0 Å². The molecule has 0 N–H and O–H groups in total. The van der Waals surface area contributed by atoms with Crippen LogP contribution in [0.1, 0.15) is 49.3 Å². The van der Waals surface area contributed by atoms with Crippen molar-refractivity contribution in [1.82, 2.24) is 0 Å². The molecular formula is C18H20O2. The van der Waals surface area contributed by atoms with Crippen molar-refractivity contribution in [3.8, 4) is 11.3 Å². The lowest BCUT2D eigenvalue weighted by atomic mass is 9.82. The maximum atomic E-state index is 6.11. The first-order valence-electron chi connectivity index (χ1n) is 7.71. The third kappa shape index (κ3) is 1.99. The number of fused-ring (bicyclic) bond motifs is 1. The van der Waals surface area contributed by atoms with Gasteiger partial charge in [0.05, 0.1) is 19.0 Å². The van der Waals surface area contributed by atoms with Gasteiger partial charge in [-0.3, -0.25) is 0 Å². The molecule has 20 heavy (non-hydrogen) atoms. The second-order valence-corrected chi connectivity index (χ2v) is 6.00. The van der Waals surface area contributed by atoms with Gasteiger partial charge in [-0.2, -0.15) is 0 Å². The van der Waals surface area contributed by atoms with Gasteiger partial charge in [-0.25, -0.2) is 0 Å². The van der Waals surface area contributed by atoms with Crippen molar-refractivity contribution in [2.24, 2.45) is 5.92 Å². The van der Waals surface area contributed by atoms with E-state index in [4.69, 9.17) is 9.15 Å². The van der Waals surface area contributed by atoms with E-state index in [1.165, 1.54) is 48.8 Å². The van der Waals surface area contributed by atoms with E-state index in [9.17, 15) is 0 Å². The summed E-state index contributed by atoms with van der Waals surface area (Å²) >= 11 is 0. The first-order chi connectivity index (χ1) is 9.93. The van der Waals surface area contributed by atoms with Gasteiger partial charge in [0.2, 0.25) is 0 Å². The molecule has 1 fully saturated rings. The molecule has 1 aromatic heterocycles. The third-order valence-corrected chi connectivity index (χ3v) is 4.73. The third-order valence-electron chi connectivity index (χ3n) is 4.73. The predicted molar refractivity (Wildman–Crippen MR) is 78.2 cm³/mol. The van der Waals surface area contributed by atoms with E-state index < -0.39 is 0 Å². The average molecular weight is 268 g/mol. The quantitative estimate of drug-likeness (QED) is 0.756. The molecule has 1 atom stereocenters. The molecule has 1 aliphatic heterocycles. The number of rotatable bonds is 2. The highest BCUT2D eigenvalue weighted by Crippen LogP contribution is 2.47. The second-order valence-electron chi connectivity index (χ2n) is 6.00. The minimum Gasteiger partial charge on any atom is -0.464 e. The van der Waals surface area contributed by atoms with Gasteiger partial charge in [0.25, 0.3) is 0 Å². The van der Waals surface area contributed by atoms with Crippen LogP contribution in [0.15, 0.2) is 41.0 Å². The number of hydrogen-bond acceptors (Lipinski definition) is 2. The van der Waals surface area contributed by atoms with E-state index in [2.05, 4.69) is 24.3 Å². The monoisotopic (exact) mass is 268 g/mol. The Kier molecular flexibility index (Phi) is 3.12. The van der Waals surface area contributed by atoms with Crippen LogP contribution in [0.3, 0.4) is 0 Å². The Hall–Kier alpha value is -1.54. The molecule has 2 nitrogen and oxygen atoms in total. The minimum atomic E-state index is 0.249. The molecule has 0 saturated heterocycles. The molecular weight excluding hydrogens is 248 g/mol. The molecule has 0 bridgehead atoms. The van der Waals surface area contributed by atoms with Crippen molar-refractivity contribution >= 4 is 0 Å². The number of hydrogen-bond donors (Lipinski definition) is 0. The van der Waals surface area contributed by atoms with Crippen molar-refractivity contribution in [2.75, 3.05) is 0 Å². The molecule has 4 rings (SSSR count). The molecule has 2 aromatic rings. The van der Waals surface area contributed by atoms with Crippen molar-refractivity contribution in [2.45, 2.75) is 44.8 Å². The van der Waals surface area contributed by atoms with E-state index in [0.717, 1.165) is 5.76 Å². The van der Waals surface area contributed by atoms with E-state index in [1.807, 2.05) is 12.3 Å². The lowest BCUT2D eigenvalue weighted by Gasteiger charge is -2.27. The summed E-state index contributed by atoms with van der Waals surface area (Å²) in [6.45, 7) is 0.715. The SMILES string of the molecule is c1ccc(-c2occ3c2C(C2CCCCC2)OC3)cc1. The fourth-order valence-corrected chi connectivity index (χ4v) is 3.71. The van der Waals surface area contributed by atoms with Crippen LogP contribution in [0.5, 0.6) is 0 Å². The molecule has 2 heteroatoms. The highest BCUT2D eigenvalue weighted by Gasteiger charge is 2.36. The van der Waals surface area contributed by atoms with Gasteiger partial charge in [0.1, 0.15) is 5.76 Å². The van der Waals surface area contributed by atoms with Gasteiger partial charge in [-0.15, -0.1) is 0 Å². The molecule has 0 spiro atoms. The van der Waals surface area contributed by atoms with Gasteiger partial charge >= 0.3 is 0 Å². The Bertz CT molecular complexity index is 579. The van der Waals surface area contributed by atoms with E-state index in [-0.39, 0.29) is 6.10 Å². The van der Waals surface area contributed by atoms with Crippen molar-refractivity contribution < 1.29 is 9.15 Å². The molecule has 1 aromatic carbocycles. The molecule has 2 aliphatic rings. The lowest BCUT2D eigenvalue weighted by Crippen LogP contribution is -2.15. The Labute approximate surface area is 119 Å². The Morgan fingerprint density at radius 2 is 1.75 bits per heavy atom. The maximum Gasteiger partial charge on any atom is 0.140 e. The highest BCUT2D eigenvalue weighted by atomic mass is 16.5. The summed E-state index contributed by atoms with van der Waals surface area (Å²) in [6, 6.07) is 10.4. The molecule has 0 radical (unpaired) electrons. The zero-order valence-electron chi connectivity index (χ0n) is 11.7. The predicted octanol–water partition coefficient (Wildman–Crippen LogP) is 5.10. The van der Waals surface area contributed by atoms with Gasteiger partial charge in [0.15, 0.2) is 0 Å². The normalized spacial score (nSPS) is 22.9. The summed E-state index contributed by atoms with van der Waals surface area (Å²) in [4.78, 5) is 0. The van der Waals surface area contributed by atoms with Crippen LogP contribution in [0.25, 0.3) is 11.3 Å². The maximum absolute atomic E-state index is 6.11. The van der Waals surface area contributed by atoms with Crippen molar-refractivity contribution in [1.29, 1.82) is 0 Å². The van der Waals surface area contributed by atoms with E-state index >= 15 is 0 Å². The van der Waals surface area contributed by atoms with Crippen LogP contribution >= 0.6 is 0 Å². The summed E-state index contributed by atoms with van der Waals surface area (Å²) in [5, 5.41) is 0. The fourth-order valence-electron chi connectivity index (χ4n) is 3.71. The zero-order chi connectivity index (χ0) is 13.4. The van der Waals surface area contributed by atoms with E-state index in [1.54, 1.807) is 0 Å². The Morgan fingerprint density at radius 3 is 2.55 bits per heavy atom. The zero-order valence-corrected chi connectivity index (χ0v) is 11.7. The summed E-state index contributed by atoms with van der Waals surface area (Å²) < 4.78 is 12.0. The van der Waals surface area contributed by atoms with Crippen LogP contribution in [-0.4, -0.2) is 0 Å².